The normalized spacial score (nSPS) is 11.0. The lowest BCUT2D eigenvalue weighted by Gasteiger charge is -2.07. The molecule has 1 aromatic carbocycles. The van der Waals surface area contributed by atoms with E-state index in [1.54, 1.807) is 24.3 Å². The highest BCUT2D eigenvalue weighted by atomic mass is 32.2. The van der Waals surface area contributed by atoms with Crippen LogP contribution in [0.4, 0.5) is 5.82 Å². The molecule has 1 aromatic heterocycles. The van der Waals surface area contributed by atoms with Gasteiger partial charge in [0.25, 0.3) is 0 Å². The number of nitrogens with zero attached hydrogens (tertiary/aromatic N) is 2. The molecule has 0 spiro atoms. The molecule has 0 saturated heterocycles. The van der Waals surface area contributed by atoms with Crippen LogP contribution in [0.2, 0.25) is 0 Å². The van der Waals surface area contributed by atoms with Gasteiger partial charge in [0, 0.05) is 18.0 Å². The van der Waals surface area contributed by atoms with Gasteiger partial charge < -0.3 is 5.73 Å². The third kappa shape index (κ3) is 3.97. The molecule has 8 heteroatoms. The molecular weight excluding hydrogens is 296 g/mol. The molecule has 0 atom stereocenters. The lowest BCUT2D eigenvalue weighted by Crippen LogP contribution is -2.16. The Morgan fingerprint density at radius 2 is 2.15 bits per heavy atom. The van der Waals surface area contributed by atoms with E-state index in [0.29, 0.717) is 11.1 Å². The molecule has 20 heavy (non-hydrogen) atoms. The zero-order valence-corrected chi connectivity index (χ0v) is 12.0. The quantitative estimate of drug-likeness (QED) is 0.801. The van der Waals surface area contributed by atoms with Gasteiger partial charge in [-0.2, -0.15) is 0 Å². The van der Waals surface area contributed by atoms with Gasteiger partial charge in [0.15, 0.2) is 5.82 Å². The Morgan fingerprint density at radius 3 is 2.80 bits per heavy atom. The van der Waals surface area contributed by atoms with Crippen LogP contribution < -0.4 is 10.5 Å². The average molecular weight is 308 g/mol. The van der Waals surface area contributed by atoms with Gasteiger partial charge >= 0.3 is 0 Å². The van der Waals surface area contributed by atoms with Gasteiger partial charge in [-0.05, 0) is 11.6 Å². The molecule has 6 nitrogen and oxygen atoms in total. The fraction of sp³-hybridized carbons (Fsp3) is 0.0833. The van der Waals surface area contributed by atoms with Gasteiger partial charge in [0.05, 0.1) is 11.9 Å². The number of benzene rings is 1. The number of sulfonamides is 1. The summed E-state index contributed by atoms with van der Waals surface area (Å²) in [5, 5.41) is 0. The summed E-state index contributed by atoms with van der Waals surface area (Å²) in [7, 11) is -3.57. The van der Waals surface area contributed by atoms with Gasteiger partial charge in [-0.3, -0.25) is 9.71 Å². The maximum absolute atomic E-state index is 12.0. The van der Waals surface area contributed by atoms with Gasteiger partial charge in [-0.15, -0.1) is 0 Å². The number of anilines is 1. The molecule has 0 radical (unpaired) electrons. The zero-order chi connectivity index (χ0) is 14.6. The number of hydrogen-bond acceptors (Lipinski definition) is 5. The van der Waals surface area contributed by atoms with Crippen molar-refractivity contribution in [3.8, 4) is 0 Å². The fourth-order valence-electron chi connectivity index (χ4n) is 1.58. The topological polar surface area (TPSA) is 98.0 Å². The summed E-state index contributed by atoms with van der Waals surface area (Å²) in [4.78, 5) is 7.88. The van der Waals surface area contributed by atoms with Crippen LogP contribution in [0, 0.1) is 0 Å². The Hall–Kier alpha value is -2.06. The predicted octanol–water partition coefficient (Wildman–Crippen LogP) is 1.05. The molecule has 104 valence electrons. The Labute approximate surface area is 122 Å². The molecule has 0 aliphatic carbocycles. The van der Waals surface area contributed by atoms with E-state index >= 15 is 0 Å². The third-order valence-electron chi connectivity index (χ3n) is 2.39. The van der Waals surface area contributed by atoms with E-state index < -0.39 is 10.0 Å². The number of rotatable bonds is 5. The maximum Gasteiger partial charge on any atom is 0.238 e. The first-order valence-electron chi connectivity index (χ1n) is 5.61. The third-order valence-corrected chi connectivity index (χ3v) is 3.86. The molecule has 3 N–H and O–H groups in total. The van der Waals surface area contributed by atoms with Crippen molar-refractivity contribution in [2.45, 2.75) is 5.75 Å². The second kappa shape index (κ2) is 5.93. The highest BCUT2D eigenvalue weighted by Gasteiger charge is 2.13. The van der Waals surface area contributed by atoms with E-state index in [1.807, 2.05) is 0 Å². The monoisotopic (exact) mass is 308 g/mol. The minimum absolute atomic E-state index is 0.179. The Balaban J connectivity index is 2.16. The Kier molecular flexibility index (Phi) is 4.26. The summed E-state index contributed by atoms with van der Waals surface area (Å²) in [5.41, 5.74) is 6.74. The zero-order valence-electron chi connectivity index (χ0n) is 10.4. The van der Waals surface area contributed by atoms with Gasteiger partial charge in [0.2, 0.25) is 10.0 Å². The average Bonchev–Trinajstić information content (AvgIpc) is 2.39. The van der Waals surface area contributed by atoms with Crippen molar-refractivity contribution in [1.29, 1.82) is 0 Å². The van der Waals surface area contributed by atoms with Crippen LogP contribution in [0.25, 0.3) is 0 Å². The van der Waals surface area contributed by atoms with Crippen molar-refractivity contribution in [3.05, 3.63) is 54.0 Å². The minimum Gasteiger partial charge on any atom is -0.389 e. The molecule has 1 heterocycles. The highest BCUT2D eigenvalue weighted by Crippen LogP contribution is 2.11. The SMILES string of the molecule is NC(=S)c1cccc(CS(=O)(=O)Nc2cnccn2)c1. The first-order chi connectivity index (χ1) is 9.46. The van der Waals surface area contributed by atoms with Crippen molar-refractivity contribution in [3.63, 3.8) is 0 Å². The van der Waals surface area contributed by atoms with E-state index in [2.05, 4.69) is 14.7 Å². The first-order valence-corrected chi connectivity index (χ1v) is 7.67. The van der Waals surface area contributed by atoms with E-state index in [9.17, 15) is 8.42 Å². The van der Waals surface area contributed by atoms with Crippen molar-refractivity contribution in [1.82, 2.24) is 9.97 Å². The summed E-state index contributed by atoms with van der Waals surface area (Å²) in [6, 6.07) is 6.78. The van der Waals surface area contributed by atoms with Crippen molar-refractivity contribution in [2.24, 2.45) is 5.73 Å². The van der Waals surface area contributed by atoms with Gasteiger partial charge in [0.1, 0.15) is 4.99 Å². The Morgan fingerprint density at radius 1 is 1.35 bits per heavy atom. The molecular formula is C12H12N4O2S2. The lowest BCUT2D eigenvalue weighted by atomic mass is 10.1. The molecule has 0 unspecified atom stereocenters. The standard InChI is InChI=1S/C12H12N4O2S2/c13-12(19)10-3-1-2-9(6-10)8-20(17,18)16-11-7-14-4-5-15-11/h1-7H,8H2,(H2,13,19)(H,15,16). The van der Waals surface area contributed by atoms with E-state index in [4.69, 9.17) is 18.0 Å². The molecule has 0 fully saturated rings. The minimum atomic E-state index is -3.57. The molecule has 0 bridgehead atoms. The predicted molar refractivity (Wildman–Crippen MR) is 80.6 cm³/mol. The lowest BCUT2D eigenvalue weighted by molar-refractivity contribution is 0.600. The van der Waals surface area contributed by atoms with Gasteiger partial charge in [-0.1, -0.05) is 30.4 Å². The largest absolute Gasteiger partial charge is 0.389 e. The van der Waals surface area contributed by atoms with Crippen molar-refractivity contribution in [2.75, 3.05) is 4.72 Å². The van der Waals surface area contributed by atoms with Crippen molar-refractivity contribution < 1.29 is 8.42 Å². The van der Waals surface area contributed by atoms with Gasteiger partial charge in [-0.25, -0.2) is 13.4 Å². The summed E-state index contributed by atoms with van der Waals surface area (Å²) >= 11 is 4.86. The molecule has 2 aromatic rings. The molecule has 2 rings (SSSR count). The number of aromatic nitrogens is 2. The smallest absolute Gasteiger partial charge is 0.238 e. The Bertz CT molecular complexity index is 717. The van der Waals surface area contributed by atoms with E-state index in [-0.39, 0.29) is 16.6 Å². The fourth-order valence-corrected chi connectivity index (χ4v) is 2.82. The van der Waals surface area contributed by atoms with Crippen LogP contribution in [0.15, 0.2) is 42.9 Å². The molecule has 0 amide bonds. The summed E-state index contributed by atoms with van der Waals surface area (Å²) < 4.78 is 26.4. The van der Waals surface area contributed by atoms with Crippen molar-refractivity contribution >= 4 is 33.0 Å². The summed E-state index contributed by atoms with van der Waals surface area (Å²) in [6.07, 6.45) is 4.21. The van der Waals surface area contributed by atoms with Crippen LogP contribution in [-0.4, -0.2) is 23.4 Å². The van der Waals surface area contributed by atoms with Crippen LogP contribution in [0.5, 0.6) is 0 Å². The number of nitrogens with one attached hydrogen (secondary N) is 1. The van der Waals surface area contributed by atoms with E-state index in [1.165, 1.54) is 18.6 Å². The van der Waals surface area contributed by atoms with Crippen LogP contribution in [-0.2, 0) is 15.8 Å². The summed E-state index contributed by atoms with van der Waals surface area (Å²) in [6.45, 7) is 0. The number of nitrogens with two attached hydrogens (primary N) is 1. The second-order valence-electron chi connectivity index (χ2n) is 4.02. The molecule has 0 aliphatic rings. The number of hydrogen-bond donors (Lipinski definition) is 2. The number of thiocarbonyl (C=S) groups is 1. The maximum atomic E-state index is 12.0. The van der Waals surface area contributed by atoms with Crippen LogP contribution in [0.1, 0.15) is 11.1 Å². The second-order valence-corrected chi connectivity index (χ2v) is 6.18. The van der Waals surface area contributed by atoms with E-state index in [0.717, 1.165) is 0 Å². The molecule has 0 saturated carbocycles. The first kappa shape index (κ1) is 14.4. The highest BCUT2D eigenvalue weighted by molar-refractivity contribution is 7.91. The summed E-state index contributed by atoms with van der Waals surface area (Å²) in [5.74, 6) is -0.0157. The van der Waals surface area contributed by atoms with Crippen LogP contribution in [0.3, 0.4) is 0 Å². The van der Waals surface area contributed by atoms with Crippen LogP contribution >= 0.6 is 12.2 Å². The molecule has 0 aliphatic heterocycles.